The van der Waals surface area contributed by atoms with E-state index in [1.165, 1.54) is 0 Å². The van der Waals surface area contributed by atoms with Crippen molar-refractivity contribution in [1.82, 2.24) is 9.88 Å². The molecule has 1 aromatic carbocycles. The SMILES string of the molecule is CC(C)(Oc1ccc([C@@H]2CC2(Cl)Cl)cc1)C(=O)N1CCCC[C@H]1c1cccnc1. The molecule has 1 amide bonds. The van der Waals surface area contributed by atoms with Crippen molar-refractivity contribution in [3.05, 3.63) is 59.9 Å². The summed E-state index contributed by atoms with van der Waals surface area (Å²) in [7, 11) is 0. The van der Waals surface area contributed by atoms with Crippen LogP contribution in [0.5, 0.6) is 5.75 Å². The number of amides is 1. The van der Waals surface area contributed by atoms with Crippen LogP contribution >= 0.6 is 23.2 Å². The molecule has 29 heavy (non-hydrogen) atoms. The van der Waals surface area contributed by atoms with Crippen molar-refractivity contribution in [2.24, 2.45) is 0 Å². The van der Waals surface area contributed by atoms with Crippen LogP contribution in [-0.4, -0.2) is 32.3 Å². The Morgan fingerprint density at radius 2 is 1.90 bits per heavy atom. The van der Waals surface area contributed by atoms with Gasteiger partial charge >= 0.3 is 0 Å². The molecule has 2 aliphatic rings. The molecule has 154 valence electrons. The first-order valence-corrected chi connectivity index (χ1v) is 10.9. The van der Waals surface area contributed by atoms with E-state index in [9.17, 15) is 4.79 Å². The van der Waals surface area contributed by atoms with Crippen molar-refractivity contribution < 1.29 is 9.53 Å². The van der Waals surface area contributed by atoms with Gasteiger partial charge in [-0.1, -0.05) is 18.2 Å². The van der Waals surface area contributed by atoms with Crippen LogP contribution in [0.15, 0.2) is 48.8 Å². The normalized spacial score (nSPS) is 23.5. The summed E-state index contributed by atoms with van der Waals surface area (Å²) >= 11 is 12.3. The lowest BCUT2D eigenvalue weighted by atomic mass is 9.94. The van der Waals surface area contributed by atoms with Crippen LogP contribution in [0.2, 0.25) is 0 Å². The number of benzene rings is 1. The summed E-state index contributed by atoms with van der Waals surface area (Å²) in [4.78, 5) is 19.6. The lowest BCUT2D eigenvalue weighted by molar-refractivity contribution is -0.149. The number of halogens is 2. The number of rotatable bonds is 5. The topological polar surface area (TPSA) is 42.4 Å². The highest BCUT2D eigenvalue weighted by atomic mass is 35.5. The van der Waals surface area contributed by atoms with Crippen molar-refractivity contribution in [1.29, 1.82) is 0 Å². The highest BCUT2D eigenvalue weighted by Crippen LogP contribution is 2.59. The zero-order valence-electron chi connectivity index (χ0n) is 16.8. The van der Waals surface area contributed by atoms with Gasteiger partial charge in [-0.3, -0.25) is 9.78 Å². The van der Waals surface area contributed by atoms with E-state index in [0.29, 0.717) is 5.75 Å². The number of carbonyl (C=O) groups excluding carboxylic acids is 1. The number of hydrogen-bond acceptors (Lipinski definition) is 3. The van der Waals surface area contributed by atoms with E-state index in [0.717, 1.165) is 43.4 Å². The minimum atomic E-state index is -0.971. The second-order valence-corrected chi connectivity index (χ2v) is 10.0. The Bertz CT molecular complexity index is 868. The van der Waals surface area contributed by atoms with Gasteiger partial charge in [0.15, 0.2) is 5.60 Å². The lowest BCUT2D eigenvalue weighted by Crippen LogP contribution is -2.51. The van der Waals surface area contributed by atoms with Gasteiger partial charge in [-0.15, -0.1) is 23.2 Å². The average molecular weight is 433 g/mol. The van der Waals surface area contributed by atoms with E-state index in [1.807, 2.05) is 61.3 Å². The number of ether oxygens (including phenoxy) is 1. The number of hydrogen-bond donors (Lipinski definition) is 0. The van der Waals surface area contributed by atoms with Crippen LogP contribution in [0, 0.1) is 0 Å². The predicted octanol–water partition coefficient (Wildman–Crippen LogP) is 5.65. The molecule has 2 heterocycles. The largest absolute Gasteiger partial charge is 0.478 e. The number of aromatic nitrogens is 1. The lowest BCUT2D eigenvalue weighted by Gasteiger charge is -2.40. The van der Waals surface area contributed by atoms with Gasteiger partial charge in [-0.2, -0.15) is 0 Å². The van der Waals surface area contributed by atoms with Crippen molar-refractivity contribution in [3.8, 4) is 5.75 Å². The number of piperidine rings is 1. The second-order valence-electron chi connectivity index (χ2n) is 8.50. The molecular formula is C23H26Cl2N2O2. The summed E-state index contributed by atoms with van der Waals surface area (Å²) in [6, 6.07) is 11.8. The van der Waals surface area contributed by atoms with E-state index in [1.54, 1.807) is 6.20 Å². The maximum atomic E-state index is 13.4. The highest BCUT2D eigenvalue weighted by molar-refractivity contribution is 6.51. The average Bonchev–Trinajstić information content (AvgIpc) is 3.36. The van der Waals surface area contributed by atoms with Gasteiger partial charge in [0.1, 0.15) is 10.1 Å². The third kappa shape index (κ3) is 4.39. The van der Waals surface area contributed by atoms with Gasteiger partial charge in [0, 0.05) is 24.9 Å². The molecule has 0 spiro atoms. The first-order valence-electron chi connectivity index (χ1n) is 10.2. The maximum Gasteiger partial charge on any atom is 0.266 e. The van der Waals surface area contributed by atoms with Crippen LogP contribution in [0.25, 0.3) is 0 Å². The predicted molar refractivity (Wildman–Crippen MR) is 115 cm³/mol. The summed E-state index contributed by atoms with van der Waals surface area (Å²) in [6.45, 7) is 4.41. The van der Waals surface area contributed by atoms with E-state index >= 15 is 0 Å². The van der Waals surface area contributed by atoms with E-state index < -0.39 is 9.93 Å². The molecule has 4 nitrogen and oxygen atoms in total. The molecule has 1 aliphatic carbocycles. The molecule has 2 aromatic rings. The van der Waals surface area contributed by atoms with Crippen molar-refractivity contribution in [2.45, 2.75) is 61.4 Å². The zero-order valence-corrected chi connectivity index (χ0v) is 18.3. The molecule has 4 rings (SSSR count). The van der Waals surface area contributed by atoms with Crippen molar-refractivity contribution in [3.63, 3.8) is 0 Å². The van der Waals surface area contributed by atoms with Gasteiger partial charge in [0.2, 0.25) is 0 Å². The Labute approximate surface area is 182 Å². The summed E-state index contributed by atoms with van der Waals surface area (Å²) < 4.78 is 5.49. The van der Waals surface area contributed by atoms with Crippen LogP contribution in [0.3, 0.4) is 0 Å². The highest BCUT2D eigenvalue weighted by Gasteiger charge is 2.52. The Morgan fingerprint density at radius 3 is 2.52 bits per heavy atom. The molecule has 1 saturated carbocycles. The number of alkyl halides is 2. The third-order valence-corrected chi connectivity index (χ3v) is 6.66. The summed E-state index contributed by atoms with van der Waals surface area (Å²) in [6.07, 6.45) is 7.44. The molecule has 0 N–H and O–H groups in total. The number of likely N-dealkylation sites (tertiary alicyclic amines) is 1. The summed E-state index contributed by atoms with van der Waals surface area (Å²) in [5.41, 5.74) is 1.21. The zero-order chi connectivity index (χ0) is 20.6. The second kappa shape index (κ2) is 7.81. The molecule has 2 atom stereocenters. The smallest absolute Gasteiger partial charge is 0.266 e. The standard InChI is InChI=1S/C23H26Cl2N2O2/c1-22(2,29-18-10-8-16(9-11-18)19-14-23(19,24)25)21(28)27-13-4-3-7-20(27)17-6-5-12-26-15-17/h5-6,8-12,15,19-20H,3-4,7,13-14H2,1-2H3/t19-,20-/m0/s1. The fraction of sp³-hybridized carbons (Fsp3) is 0.478. The minimum absolute atomic E-state index is 0.00199. The molecule has 1 aliphatic heterocycles. The van der Waals surface area contributed by atoms with E-state index in [4.69, 9.17) is 27.9 Å². The van der Waals surface area contributed by atoms with Gasteiger partial charge in [0.25, 0.3) is 5.91 Å². The molecule has 2 fully saturated rings. The maximum absolute atomic E-state index is 13.4. The van der Waals surface area contributed by atoms with Gasteiger partial charge in [-0.05, 0) is 68.9 Å². The van der Waals surface area contributed by atoms with Gasteiger partial charge < -0.3 is 9.64 Å². The molecule has 1 aromatic heterocycles. The monoisotopic (exact) mass is 432 g/mol. The van der Waals surface area contributed by atoms with Gasteiger partial charge in [0.05, 0.1) is 6.04 Å². The van der Waals surface area contributed by atoms with Crippen LogP contribution in [0.1, 0.15) is 62.6 Å². The Kier molecular flexibility index (Phi) is 5.52. The minimum Gasteiger partial charge on any atom is -0.478 e. The summed E-state index contributed by atoms with van der Waals surface area (Å²) in [5.74, 6) is 0.832. The number of pyridine rings is 1. The van der Waals surface area contributed by atoms with Crippen molar-refractivity contribution in [2.75, 3.05) is 6.54 Å². The fourth-order valence-corrected chi connectivity index (χ4v) is 4.68. The quantitative estimate of drug-likeness (QED) is 0.572. The number of carbonyl (C=O) groups is 1. The van der Waals surface area contributed by atoms with Crippen LogP contribution in [-0.2, 0) is 4.79 Å². The van der Waals surface area contributed by atoms with Crippen LogP contribution in [0.4, 0.5) is 0 Å². The molecule has 0 radical (unpaired) electrons. The van der Waals surface area contributed by atoms with Gasteiger partial charge in [-0.25, -0.2) is 0 Å². The molecular weight excluding hydrogens is 407 g/mol. The third-order valence-electron chi connectivity index (χ3n) is 5.83. The van der Waals surface area contributed by atoms with E-state index in [-0.39, 0.29) is 17.9 Å². The molecule has 0 bridgehead atoms. The Balaban J connectivity index is 1.48. The molecule has 0 unspecified atom stereocenters. The van der Waals surface area contributed by atoms with E-state index in [2.05, 4.69) is 4.98 Å². The van der Waals surface area contributed by atoms with Crippen LogP contribution < -0.4 is 4.74 Å². The fourth-order valence-electron chi connectivity index (χ4n) is 4.12. The Hall–Kier alpha value is -1.78. The Morgan fingerprint density at radius 1 is 1.17 bits per heavy atom. The number of nitrogens with zero attached hydrogens (tertiary/aromatic N) is 2. The summed E-state index contributed by atoms with van der Waals surface area (Å²) in [5, 5.41) is 0. The van der Waals surface area contributed by atoms with Crippen molar-refractivity contribution >= 4 is 29.1 Å². The molecule has 6 heteroatoms. The first kappa shape index (κ1) is 20.5. The molecule has 1 saturated heterocycles. The first-order chi connectivity index (χ1) is 13.8.